The number of methoxy groups -OCH3 is 2. The van der Waals surface area contributed by atoms with Crippen LogP contribution in [-0.2, 0) is 14.3 Å². The molecule has 8 heteroatoms. The Hall–Kier alpha value is -2.58. The molecule has 2 fully saturated rings. The highest BCUT2D eigenvalue weighted by Gasteiger charge is 2.22. The third kappa shape index (κ3) is 5.73. The number of morpholine rings is 1. The summed E-state index contributed by atoms with van der Waals surface area (Å²) >= 11 is 0. The SMILES string of the molecule is COc1cc(/C=C/C(=O)N2CCCCC2=O)cc(OC)c1OCCN1CCOCC1. The molecule has 1 aromatic rings. The number of carbonyl (C=O) groups is 2. The van der Waals surface area contributed by atoms with Gasteiger partial charge < -0.3 is 18.9 Å². The van der Waals surface area contributed by atoms with E-state index in [1.165, 1.54) is 11.0 Å². The van der Waals surface area contributed by atoms with Gasteiger partial charge in [0.2, 0.25) is 11.7 Å². The van der Waals surface area contributed by atoms with Crippen molar-refractivity contribution in [2.45, 2.75) is 19.3 Å². The number of carbonyl (C=O) groups excluding carboxylic acids is 2. The van der Waals surface area contributed by atoms with Gasteiger partial charge in [-0.15, -0.1) is 0 Å². The number of imide groups is 1. The van der Waals surface area contributed by atoms with Crippen LogP contribution < -0.4 is 14.2 Å². The molecule has 30 heavy (non-hydrogen) atoms. The van der Waals surface area contributed by atoms with Gasteiger partial charge in [-0.05, 0) is 36.6 Å². The second kappa shape index (κ2) is 11.0. The van der Waals surface area contributed by atoms with Crippen LogP contribution in [0.25, 0.3) is 6.08 Å². The number of rotatable bonds is 8. The average Bonchev–Trinajstić information content (AvgIpc) is 2.78. The van der Waals surface area contributed by atoms with Crippen molar-refractivity contribution in [2.75, 3.05) is 60.2 Å². The number of hydrogen-bond donors (Lipinski definition) is 0. The van der Waals surface area contributed by atoms with Gasteiger partial charge >= 0.3 is 0 Å². The van der Waals surface area contributed by atoms with Gasteiger partial charge in [0.05, 0.1) is 27.4 Å². The Morgan fingerprint density at radius 1 is 1.10 bits per heavy atom. The van der Waals surface area contributed by atoms with E-state index in [0.29, 0.717) is 36.8 Å². The summed E-state index contributed by atoms with van der Waals surface area (Å²) in [6.07, 6.45) is 5.19. The molecule has 0 aliphatic carbocycles. The van der Waals surface area contributed by atoms with Crippen LogP contribution in [0.15, 0.2) is 18.2 Å². The van der Waals surface area contributed by atoms with Gasteiger partial charge in [0, 0.05) is 38.7 Å². The van der Waals surface area contributed by atoms with Crippen LogP contribution in [0.4, 0.5) is 0 Å². The standard InChI is InChI=1S/C22H30N2O6/c1-27-18-15-17(6-7-21(26)24-8-4-3-5-20(24)25)16-19(28-2)22(18)30-14-11-23-9-12-29-13-10-23/h6-7,15-16H,3-5,8-14H2,1-2H3/b7-6+. The van der Waals surface area contributed by atoms with Crippen LogP contribution in [0.2, 0.25) is 0 Å². The van der Waals surface area contributed by atoms with Crippen LogP contribution in [-0.4, -0.2) is 81.8 Å². The Labute approximate surface area is 177 Å². The fourth-order valence-electron chi connectivity index (χ4n) is 3.54. The molecule has 0 atom stereocenters. The molecule has 8 nitrogen and oxygen atoms in total. The molecule has 164 valence electrons. The normalized spacial score (nSPS) is 17.9. The molecule has 0 N–H and O–H groups in total. The van der Waals surface area contributed by atoms with Crippen molar-refractivity contribution in [1.29, 1.82) is 0 Å². The molecule has 2 heterocycles. The molecule has 3 rings (SSSR count). The van der Waals surface area contributed by atoms with Gasteiger partial charge in [0.15, 0.2) is 11.5 Å². The van der Waals surface area contributed by atoms with Gasteiger partial charge in [-0.1, -0.05) is 0 Å². The van der Waals surface area contributed by atoms with Crippen molar-refractivity contribution in [2.24, 2.45) is 0 Å². The van der Waals surface area contributed by atoms with Crippen LogP contribution in [0.3, 0.4) is 0 Å². The van der Waals surface area contributed by atoms with Crippen molar-refractivity contribution in [3.63, 3.8) is 0 Å². The van der Waals surface area contributed by atoms with Gasteiger partial charge in [-0.25, -0.2) is 0 Å². The Kier molecular flexibility index (Phi) is 8.10. The summed E-state index contributed by atoms with van der Waals surface area (Å²) in [4.78, 5) is 27.9. The van der Waals surface area contributed by atoms with Crippen LogP contribution in [0.5, 0.6) is 17.2 Å². The lowest BCUT2D eigenvalue weighted by molar-refractivity contribution is -0.143. The minimum absolute atomic E-state index is 0.116. The number of piperidine rings is 1. The quantitative estimate of drug-likeness (QED) is 0.597. The number of ether oxygens (including phenoxy) is 4. The third-order valence-electron chi connectivity index (χ3n) is 5.25. The minimum atomic E-state index is -0.302. The molecule has 0 unspecified atom stereocenters. The fraction of sp³-hybridized carbons (Fsp3) is 0.545. The van der Waals surface area contributed by atoms with Gasteiger partial charge in [0.1, 0.15) is 6.61 Å². The highest BCUT2D eigenvalue weighted by Crippen LogP contribution is 2.39. The second-order valence-corrected chi connectivity index (χ2v) is 7.23. The average molecular weight is 418 g/mol. The predicted octanol–water partition coefficient (Wildman–Crippen LogP) is 1.97. The van der Waals surface area contributed by atoms with Crippen LogP contribution in [0.1, 0.15) is 24.8 Å². The van der Waals surface area contributed by atoms with E-state index in [0.717, 1.165) is 51.3 Å². The van der Waals surface area contributed by atoms with E-state index in [1.54, 1.807) is 32.4 Å². The first-order valence-electron chi connectivity index (χ1n) is 10.3. The molecule has 0 bridgehead atoms. The van der Waals surface area contributed by atoms with E-state index >= 15 is 0 Å². The van der Waals surface area contributed by atoms with E-state index in [1.807, 2.05) is 0 Å². The second-order valence-electron chi connectivity index (χ2n) is 7.23. The van der Waals surface area contributed by atoms with Crippen LogP contribution in [0, 0.1) is 0 Å². The summed E-state index contributed by atoms with van der Waals surface area (Å²) < 4.78 is 22.3. The van der Waals surface area contributed by atoms with Crippen molar-refractivity contribution >= 4 is 17.9 Å². The smallest absolute Gasteiger partial charge is 0.253 e. The summed E-state index contributed by atoms with van der Waals surface area (Å²) in [6, 6.07) is 3.57. The topological polar surface area (TPSA) is 77.5 Å². The molecule has 0 radical (unpaired) electrons. The lowest BCUT2D eigenvalue weighted by Gasteiger charge is -2.26. The molecule has 2 aliphatic rings. The molecule has 0 aromatic heterocycles. The molecular weight excluding hydrogens is 388 g/mol. The number of amides is 2. The van der Waals surface area contributed by atoms with Gasteiger partial charge in [-0.2, -0.15) is 0 Å². The molecule has 2 aliphatic heterocycles. The maximum atomic E-state index is 12.4. The lowest BCUT2D eigenvalue weighted by Crippen LogP contribution is -2.39. The fourth-order valence-corrected chi connectivity index (χ4v) is 3.54. The highest BCUT2D eigenvalue weighted by molar-refractivity contribution is 6.03. The van der Waals surface area contributed by atoms with Gasteiger partial charge in [0.25, 0.3) is 5.91 Å². The van der Waals surface area contributed by atoms with Crippen molar-refractivity contribution in [1.82, 2.24) is 9.80 Å². The first-order valence-corrected chi connectivity index (χ1v) is 10.3. The number of nitrogens with zero attached hydrogens (tertiary/aromatic N) is 2. The third-order valence-corrected chi connectivity index (χ3v) is 5.25. The summed E-state index contributed by atoms with van der Waals surface area (Å²) in [6.45, 7) is 5.05. The Morgan fingerprint density at radius 2 is 1.80 bits per heavy atom. The number of likely N-dealkylation sites (tertiary alicyclic amines) is 1. The zero-order valence-corrected chi connectivity index (χ0v) is 17.7. The van der Waals surface area contributed by atoms with Crippen molar-refractivity contribution in [3.8, 4) is 17.2 Å². The highest BCUT2D eigenvalue weighted by atomic mass is 16.5. The van der Waals surface area contributed by atoms with E-state index in [-0.39, 0.29) is 11.8 Å². The largest absolute Gasteiger partial charge is 0.493 e. The predicted molar refractivity (Wildman–Crippen MR) is 112 cm³/mol. The molecule has 0 saturated carbocycles. The Balaban J connectivity index is 1.67. The lowest BCUT2D eigenvalue weighted by atomic mass is 10.1. The summed E-state index contributed by atoms with van der Waals surface area (Å²) in [5.41, 5.74) is 0.724. The zero-order valence-electron chi connectivity index (χ0n) is 17.7. The maximum Gasteiger partial charge on any atom is 0.253 e. The summed E-state index contributed by atoms with van der Waals surface area (Å²) in [5.74, 6) is 1.16. The number of hydrogen-bond acceptors (Lipinski definition) is 7. The molecule has 2 saturated heterocycles. The number of benzene rings is 1. The molecule has 1 aromatic carbocycles. The van der Waals surface area contributed by atoms with Gasteiger partial charge in [-0.3, -0.25) is 19.4 Å². The maximum absolute atomic E-state index is 12.4. The monoisotopic (exact) mass is 418 g/mol. The molecule has 0 spiro atoms. The molecule has 2 amide bonds. The van der Waals surface area contributed by atoms with E-state index < -0.39 is 0 Å². The first-order chi connectivity index (χ1) is 14.6. The Morgan fingerprint density at radius 3 is 2.43 bits per heavy atom. The Bertz CT molecular complexity index is 748. The van der Waals surface area contributed by atoms with E-state index in [4.69, 9.17) is 18.9 Å². The first kappa shape index (κ1) is 22.1. The minimum Gasteiger partial charge on any atom is -0.493 e. The van der Waals surface area contributed by atoms with E-state index in [2.05, 4.69) is 4.90 Å². The van der Waals surface area contributed by atoms with E-state index in [9.17, 15) is 9.59 Å². The summed E-state index contributed by atoms with van der Waals surface area (Å²) in [7, 11) is 3.13. The molecular formula is C22H30N2O6. The van der Waals surface area contributed by atoms with Crippen LogP contribution >= 0.6 is 0 Å². The van der Waals surface area contributed by atoms with Crippen molar-refractivity contribution < 1.29 is 28.5 Å². The van der Waals surface area contributed by atoms with Crippen molar-refractivity contribution in [3.05, 3.63) is 23.8 Å². The summed E-state index contributed by atoms with van der Waals surface area (Å²) in [5, 5.41) is 0. The zero-order chi connectivity index (χ0) is 21.3.